The number of guanidine groups is 6. The van der Waals surface area contributed by atoms with Crippen LogP contribution in [0.25, 0.3) is 0 Å². The highest BCUT2D eigenvalue weighted by Gasteiger charge is 2.35. The van der Waals surface area contributed by atoms with E-state index < -0.39 is 0 Å². The molecule has 0 fully saturated rings. The zero-order chi connectivity index (χ0) is 55.5. The predicted octanol–water partition coefficient (Wildman–Crippen LogP) is 16.0. The van der Waals surface area contributed by atoms with Crippen molar-refractivity contribution in [1.29, 1.82) is 0 Å². The fraction of sp³-hybridized carbons (Fsp3) is 0.571. The normalized spacial score (nSPS) is 13.5. The summed E-state index contributed by atoms with van der Waals surface area (Å²) in [5.74, 6) is 0.0715. The van der Waals surface area contributed by atoms with Gasteiger partial charge in [-0.3, -0.25) is 0 Å². The molecule has 79 heavy (non-hydrogen) atoms. The van der Waals surface area contributed by atoms with Crippen LogP contribution < -0.4 is 16.0 Å². The molecule has 0 spiro atoms. The Bertz CT molecular complexity index is 2230. The summed E-state index contributed by atoms with van der Waals surface area (Å²) in [5.41, 5.74) is 3.22. The zero-order valence-electron chi connectivity index (χ0n) is 47.8. The number of carbonyl (C=O) groups excluding carboxylic acids is 3. The van der Waals surface area contributed by atoms with Crippen LogP contribution in [0.2, 0.25) is 0 Å². The molecule has 0 unspecified atom stereocenters. The third-order valence-electron chi connectivity index (χ3n) is 14.2. The van der Waals surface area contributed by atoms with Gasteiger partial charge in [0.2, 0.25) is 35.8 Å². The number of carbonyl (C=O) groups is 3. The zero-order valence-corrected chi connectivity index (χ0v) is 47.8. The monoisotopic (exact) mass is 1080 g/mol. The van der Waals surface area contributed by atoms with E-state index in [1.165, 1.54) is 140 Å². The molecular formula is C63H90N10O6. The van der Waals surface area contributed by atoms with Gasteiger partial charge in [-0.1, -0.05) is 194 Å². The highest BCUT2D eigenvalue weighted by molar-refractivity contribution is 6.32. The van der Waals surface area contributed by atoms with E-state index in [0.29, 0.717) is 53.6 Å². The van der Waals surface area contributed by atoms with Crippen LogP contribution in [-0.2, 0) is 14.2 Å². The van der Waals surface area contributed by atoms with Gasteiger partial charge in [0.05, 0.1) is 36.5 Å². The van der Waals surface area contributed by atoms with E-state index in [-0.39, 0.29) is 53.7 Å². The van der Waals surface area contributed by atoms with Crippen molar-refractivity contribution in [3.8, 4) is 0 Å². The molecular weight excluding hydrogens is 993 g/mol. The van der Waals surface area contributed by atoms with E-state index in [4.69, 9.17) is 44.2 Å². The Kier molecular flexibility index (Phi) is 28.4. The summed E-state index contributed by atoms with van der Waals surface area (Å²) in [5, 5.41) is 9.71. The number of rotatable bonds is 39. The molecule has 3 heterocycles. The van der Waals surface area contributed by atoms with Crippen molar-refractivity contribution in [2.24, 2.45) is 30.0 Å². The topological polar surface area (TPSA) is 192 Å². The summed E-state index contributed by atoms with van der Waals surface area (Å²) in [7, 11) is 0. The Morgan fingerprint density at radius 2 is 0.532 bits per heavy atom. The fourth-order valence-corrected chi connectivity index (χ4v) is 9.42. The van der Waals surface area contributed by atoms with E-state index in [2.05, 4.69) is 36.7 Å². The Balaban J connectivity index is 1.05. The van der Waals surface area contributed by atoms with E-state index in [0.717, 1.165) is 57.8 Å². The third-order valence-corrected chi connectivity index (χ3v) is 14.2. The standard InChI is InChI=1S/C63H90N10O6/c1-4-7-10-13-16-19-22-25-28-31-46-77-55(74)49-34-40-52(41-35-49)64-58-67-61-69-59(65-53-42-36-50(37-43-53)56(75)78-47-32-29-26-23-20-17-14-11-8-5-2)71-63-72-60(70-62(68-58)73(61)63)66-54-44-38-51(39-45-54)57(76)79-48-33-30-27-24-21-18-15-12-9-6-3/h34-45H,4-33,46-48H2,1-3H3,(H3,64,65,66,67,68,69,70,71,72). The van der Waals surface area contributed by atoms with Crippen molar-refractivity contribution in [2.75, 3.05) is 35.8 Å². The summed E-state index contributed by atoms with van der Waals surface area (Å²) in [6.45, 7) is 7.91. The van der Waals surface area contributed by atoms with Crippen molar-refractivity contribution in [3.05, 3.63) is 89.5 Å². The SMILES string of the molecule is CCCCCCCCCCCCOC(=O)c1ccc(NC2=NC3=NC(Nc4ccc(C(=O)OCCCCCCCCCCCC)cc4)=NC4=NC(Nc5ccc(C(=O)OCCCCCCCCCCCC)cc5)=NC(=N2)N34)cc1. The van der Waals surface area contributed by atoms with Gasteiger partial charge in [0.1, 0.15) is 0 Å². The minimum atomic E-state index is -0.365. The Morgan fingerprint density at radius 3 is 0.759 bits per heavy atom. The van der Waals surface area contributed by atoms with Crippen molar-refractivity contribution in [1.82, 2.24) is 4.90 Å². The van der Waals surface area contributed by atoms with Crippen LogP contribution in [0.5, 0.6) is 0 Å². The molecule has 3 aliphatic heterocycles. The van der Waals surface area contributed by atoms with Gasteiger partial charge >= 0.3 is 17.9 Å². The highest BCUT2D eigenvalue weighted by Crippen LogP contribution is 2.23. The third kappa shape index (κ3) is 22.9. The molecule has 3 aromatic carbocycles. The van der Waals surface area contributed by atoms with E-state index in [1.807, 2.05) is 0 Å². The minimum Gasteiger partial charge on any atom is -0.462 e. The molecule has 0 aliphatic carbocycles. The van der Waals surface area contributed by atoms with Gasteiger partial charge in [0, 0.05) is 17.1 Å². The van der Waals surface area contributed by atoms with E-state index in [9.17, 15) is 14.4 Å². The molecule has 0 bridgehead atoms. The van der Waals surface area contributed by atoms with Crippen LogP contribution in [-0.4, -0.2) is 78.4 Å². The largest absolute Gasteiger partial charge is 0.462 e. The molecule has 0 saturated carbocycles. The first-order chi connectivity index (χ1) is 38.8. The number of aliphatic imine (C=N–C) groups is 6. The molecule has 0 radical (unpaired) electrons. The van der Waals surface area contributed by atoms with Gasteiger partial charge in [-0.2, -0.15) is 30.0 Å². The van der Waals surface area contributed by atoms with Gasteiger partial charge in [0.15, 0.2) is 0 Å². The second-order valence-electron chi connectivity index (χ2n) is 20.9. The number of unbranched alkanes of at least 4 members (excludes halogenated alkanes) is 27. The highest BCUT2D eigenvalue weighted by atomic mass is 16.5. The average Bonchev–Trinajstić information content (AvgIpc) is 3.59. The lowest BCUT2D eigenvalue weighted by atomic mass is 10.1. The van der Waals surface area contributed by atoms with Crippen molar-refractivity contribution in [3.63, 3.8) is 0 Å². The van der Waals surface area contributed by atoms with Crippen LogP contribution in [0.3, 0.4) is 0 Å². The second-order valence-corrected chi connectivity index (χ2v) is 20.9. The number of esters is 3. The maximum atomic E-state index is 12.9. The number of benzene rings is 3. The molecule has 3 N–H and O–H groups in total. The second kappa shape index (κ2) is 36.5. The maximum absolute atomic E-state index is 12.9. The first-order valence-electron chi connectivity index (χ1n) is 30.3. The van der Waals surface area contributed by atoms with Crippen molar-refractivity contribution in [2.45, 2.75) is 213 Å². The molecule has 16 heteroatoms. The summed E-state index contributed by atoms with van der Waals surface area (Å²) < 4.78 is 16.8. The molecule has 3 aliphatic rings. The number of ether oxygens (including phenoxy) is 3. The van der Waals surface area contributed by atoms with Gasteiger partial charge < -0.3 is 30.2 Å². The molecule has 16 nitrogen and oxygen atoms in total. The average molecular weight is 1080 g/mol. The molecule has 428 valence electrons. The van der Waals surface area contributed by atoms with Crippen molar-refractivity contribution >= 4 is 70.7 Å². The first-order valence-corrected chi connectivity index (χ1v) is 30.3. The van der Waals surface area contributed by atoms with Gasteiger partial charge in [-0.15, -0.1) is 0 Å². The lowest BCUT2D eigenvalue weighted by Crippen LogP contribution is -2.49. The predicted molar refractivity (Wildman–Crippen MR) is 323 cm³/mol. The number of hydrogen-bond acceptors (Lipinski definition) is 16. The molecule has 0 atom stereocenters. The first kappa shape index (κ1) is 61.5. The minimum absolute atomic E-state index is 0.188. The quantitative estimate of drug-likeness (QED) is 0.0281. The summed E-state index contributed by atoms with van der Waals surface area (Å²) >= 11 is 0. The molecule has 0 amide bonds. The van der Waals surface area contributed by atoms with Gasteiger partial charge in [0.25, 0.3) is 0 Å². The fourth-order valence-electron chi connectivity index (χ4n) is 9.42. The molecule has 6 rings (SSSR count). The number of anilines is 3. The van der Waals surface area contributed by atoms with Crippen molar-refractivity contribution < 1.29 is 28.6 Å². The Labute approximate surface area is 471 Å². The van der Waals surface area contributed by atoms with Gasteiger partial charge in [-0.05, 0) is 92.1 Å². The molecule has 3 aromatic rings. The number of hydrogen-bond donors (Lipinski definition) is 3. The molecule has 0 saturated heterocycles. The molecule has 0 aromatic heterocycles. The van der Waals surface area contributed by atoms with Gasteiger partial charge in [-0.25, -0.2) is 19.3 Å². The Hall–Kier alpha value is -6.71. The lowest BCUT2D eigenvalue weighted by Gasteiger charge is -2.30. The van der Waals surface area contributed by atoms with Crippen LogP contribution in [0.1, 0.15) is 244 Å². The number of nitrogens with one attached hydrogen (secondary N) is 3. The summed E-state index contributed by atoms with van der Waals surface area (Å²) in [6.07, 6.45) is 36.3. The Morgan fingerprint density at radius 1 is 0.316 bits per heavy atom. The maximum Gasteiger partial charge on any atom is 0.338 e. The van der Waals surface area contributed by atoms with E-state index in [1.54, 1.807) is 72.8 Å². The summed E-state index contributed by atoms with van der Waals surface area (Å²) in [4.78, 5) is 68.6. The lowest BCUT2D eigenvalue weighted by molar-refractivity contribution is 0.0488. The van der Waals surface area contributed by atoms with Crippen LogP contribution >= 0.6 is 0 Å². The number of nitrogens with zero attached hydrogens (tertiary/aromatic N) is 7. The van der Waals surface area contributed by atoms with Crippen LogP contribution in [0.4, 0.5) is 17.1 Å². The smallest absolute Gasteiger partial charge is 0.338 e. The van der Waals surface area contributed by atoms with E-state index >= 15 is 0 Å². The van der Waals surface area contributed by atoms with Crippen LogP contribution in [0, 0.1) is 0 Å². The van der Waals surface area contributed by atoms with Crippen LogP contribution in [0.15, 0.2) is 103 Å². The summed E-state index contributed by atoms with van der Waals surface area (Å²) in [6, 6.07) is 20.8.